The van der Waals surface area contributed by atoms with Gasteiger partial charge in [-0.1, -0.05) is 32.0 Å². The molecule has 6 heteroatoms. The highest BCUT2D eigenvalue weighted by Crippen LogP contribution is 2.39. The van der Waals surface area contributed by atoms with Crippen LogP contribution in [0.5, 0.6) is 5.75 Å². The van der Waals surface area contributed by atoms with Crippen LogP contribution in [0, 0.1) is 0 Å². The number of thiophene rings is 1. The first-order chi connectivity index (χ1) is 13.0. The van der Waals surface area contributed by atoms with Crippen molar-refractivity contribution in [3.8, 4) is 5.75 Å². The van der Waals surface area contributed by atoms with Gasteiger partial charge in [0.2, 0.25) is 0 Å². The lowest BCUT2D eigenvalue weighted by atomic mass is 10.0. The Kier molecular flexibility index (Phi) is 6.16. The van der Waals surface area contributed by atoms with E-state index >= 15 is 0 Å². The number of nitrogens with one attached hydrogen (secondary N) is 1. The third kappa shape index (κ3) is 4.33. The maximum Gasteiger partial charge on any atom is 0.341 e. The molecule has 0 spiro atoms. The smallest absolute Gasteiger partial charge is 0.341 e. The number of benzene rings is 1. The largest absolute Gasteiger partial charge is 0.483 e. The molecule has 1 aliphatic rings. The average Bonchev–Trinajstić information content (AvgIpc) is 3.20. The standard InChI is InChI=1S/C21H25NO4S/c1-4-25-21(24)19-15-9-7-11-17(15)27-20(19)22-18(23)12-26-16-10-6-5-8-14(16)13(2)3/h5-6,8,10,13H,4,7,9,11-12H2,1-3H3,(H,22,23). The molecule has 0 bridgehead atoms. The van der Waals surface area contributed by atoms with Gasteiger partial charge in [-0.3, -0.25) is 4.79 Å². The zero-order valence-corrected chi connectivity index (χ0v) is 16.8. The van der Waals surface area contributed by atoms with Crippen molar-refractivity contribution in [1.29, 1.82) is 0 Å². The topological polar surface area (TPSA) is 64.6 Å². The van der Waals surface area contributed by atoms with Gasteiger partial charge in [0.15, 0.2) is 6.61 Å². The normalized spacial score (nSPS) is 12.7. The Hall–Kier alpha value is -2.34. The zero-order valence-electron chi connectivity index (χ0n) is 16.0. The lowest BCUT2D eigenvalue weighted by Gasteiger charge is -2.14. The van der Waals surface area contributed by atoms with Crippen LogP contribution < -0.4 is 10.1 Å². The van der Waals surface area contributed by atoms with Gasteiger partial charge in [0.1, 0.15) is 10.8 Å². The van der Waals surface area contributed by atoms with Crippen LogP contribution in [0.25, 0.3) is 0 Å². The van der Waals surface area contributed by atoms with Crippen molar-refractivity contribution in [2.45, 2.75) is 46.0 Å². The van der Waals surface area contributed by atoms with Gasteiger partial charge in [-0.05, 0) is 49.3 Å². The molecule has 0 aliphatic heterocycles. The van der Waals surface area contributed by atoms with Crippen molar-refractivity contribution in [3.05, 3.63) is 45.8 Å². The SMILES string of the molecule is CCOC(=O)c1c(NC(=O)COc2ccccc2C(C)C)sc2c1CCC2. The molecule has 5 nitrogen and oxygen atoms in total. The van der Waals surface area contributed by atoms with E-state index in [1.165, 1.54) is 16.2 Å². The molecular weight excluding hydrogens is 362 g/mol. The fraction of sp³-hybridized carbons (Fsp3) is 0.429. The van der Waals surface area contributed by atoms with E-state index in [1.54, 1.807) is 6.92 Å². The number of para-hydroxylation sites is 1. The Labute approximate surface area is 163 Å². The lowest BCUT2D eigenvalue weighted by Crippen LogP contribution is -2.21. The number of rotatable bonds is 7. The predicted octanol–water partition coefficient (Wildman–Crippen LogP) is 4.55. The molecule has 1 aromatic carbocycles. The Morgan fingerprint density at radius 3 is 2.74 bits per heavy atom. The van der Waals surface area contributed by atoms with Gasteiger partial charge in [-0.15, -0.1) is 11.3 Å². The van der Waals surface area contributed by atoms with Crippen molar-refractivity contribution in [1.82, 2.24) is 0 Å². The van der Waals surface area contributed by atoms with E-state index in [1.807, 2.05) is 24.3 Å². The second kappa shape index (κ2) is 8.57. The van der Waals surface area contributed by atoms with E-state index in [2.05, 4.69) is 19.2 Å². The molecule has 1 amide bonds. The van der Waals surface area contributed by atoms with Crippen molar-refractivity contribution < 1.29 is 19.1 Å². The molecule has 0 saturated heterocycles. The van der Waals surface area contributed by atoms with Gasteiger partial charge in [0.25, 0.3) is 5.91 Å². The minimum atomic E-state index is -0.363. The number of anilines is 1. The third-order valence-corrected chi connectivity index (χ3v) is 5.76. The molecule has 1 N–H and O–H groups in total. The summed E-state index contributed by atoms with van der Waals surface area (Å²) in [5, 5.41) is 3.43. The molecule has 1 aromatic heterocycles. The van der Waals surface area contributed by atoms with E-state index < -0.39 is 0 Å². The van der Waals surface area contributed by atoms with Gasteiger partial charge >= 0.3 is 5.97 Å². The van der Waals surface area contributed by atoms with Crippen LogP contribution in [0.4, 0.5) is 5.00 Å². The van der Waals surface area contributed by atoms with Gasteiger partial charge in [0, 0.05) is 4.88 Å². The summed E-state index contributed by atoms with van der Waals surface area (Å²) in [5.41, 5.74) is 2.61. The Bertz CT molecular complexity index is 841. The Balaban J connectivity index is 1.71. The quantitative estimate of drug-likeness (QED) is 0.708. The van der Waals surface area contributed by atoms with Gasteiger partial charge in [-0.2, -0.15) is 0 Å². The van der Waals surface area contributed by atoms with Gasteiger partial charge in [0.05, 0.1) is 12.2 Å². The fourth-order valence-electron chi connectivity index (χ4n) is 3.31. The second-order valence-electron chi connectivity index (χ2n) is 6.81. The highest BCUT2D eigenvalue weighted by Gasteiger charge is 2.28. The summed E-state index contributed by atoms with van der Waals surface area (Å²) in [5.74, 6) is 0.374. The summed E-state index contributed by atoms with van der Waals surface area (Å²) in [7, 11) is 0. The number of hydrogen-bond acceptors (Lipinski definition) is 5. The van der Waals surface area contributed by atoms with Crippen molar-refractivity contribution in [2.24, 2.45) is 0 Å². The summed E-state index contributed by atoms with van der Waals surface area (Å²) in [6, 6.07) is 7.72. The summed E-state index contributed by atoms with van der Waals surface area (Å²) < 4.78 is 10.9. The molecule has 27 heavy (non-hydrogen) atoms. The molecule has 0 fully saturated rings. The fourth-order valence-corrected chi connectivity index (χ4v) is 4.60. The zero-order chi connectivity index (χ0) is 19.4. The molecule has 0 radical (unpaired) electrons. The van der Waals surface area contributed by atoms with Crippen LogP contribution in [0.1, 0.15) is 59.5 Å². The molecule has 1 heterocycles. The number of amides is 1. The van der Waals surface area contributed by atoms with Crippen LogP contribution in [-0.2, 0) is 22.4 Å². The Morgan fingerprint density at radius 2 is 2.00 bits per heavy atom. The highest BCUT2D eigenvalue weighted by atomic mass is 32.1. The molecular formula is C21H25NO4S. The van der Waals surface area contributed by atoms with Gasteiger partial charge < -0.3 is 14.8 Å². The lowest BCUT2D eigenvalue weighted by molar-refractivity contribution is -0.118. The molecule has 3 rings (SSSR count). The van der Waals surface area contributed by atoms with Crippen LogP contribution in [0.15, 0.2) is 24.3 Å². The van der Waals surface area contributed by atoms with E-state index in [4.69, 9.17) is 9.47 Å². The van der Waals surface area contributed by atoms with E-state index in [-0.39, 0.29) is 18.5 Å². The maximum absolute atomic E-state index is 12.4. The number of carbonyl (C=O) groups is 2. The first-order valence-corrected chi connectivity index (χ1v) is 10.2. The highest BCUT2D eigenvalue weighted by molar-refractivity contribution is 7.17. The Morgan fingerprint density at radius 1 is 1.22 bits per heavy atom. The van der Waals surface area contributed by atoms with Crippen LogP contribution >= 0.6 is 11.3 Å². The van der Waals surface area contributed by atoms with Crippen molar-refractivity contribution in [3.63, 3.8) is 0 Å². The van der Waals surface area contributed by atoms with E-state index in [0.29, 0.717) is 28.8 Å². The number of carbonyl (C=O) groups excluding carboxylic acids is 2. The number of ether oxygens (including phenoxy) is 2. The summed E-state index contributed by atoms with van der Waals surface area (Å²) in [4.78, 5) is 26.0. The molecule has 0 saturated carbocycles. The number of hydrogen-bond donors (Lipinski definition) is 1. The van der Waals surface area contributed by atoms with E-state index in [9.17, 15) is 9.59 Å². The van der Waals surface area contributed by atoms with Crippen LogP contribution in [0.3, 0.4) is 0 Å². The molecule has 1 aliphatic carbocycles. The molecule has 0 unspecified atom stereocenters. The number of fused-ring (bicyclic) bond motifs is 1. The third-order valence-electron chi connectivity index (χ3n) is 4.55. The maximum atomic E-state index is 12.4. The predicted molar refractivity (Wildman–Crippen MR) is 107 cm³/mol. The van der Waals surface area contributed by atoms with Gasteiger partial charge in [-0.25, -0.2) is 4.79 Å². The van der Waals surface area contributed by atoms with Crippen LogP contribution in [0.2, 0.25) is 0 Å². The number of aryl methyl sites for hydroxylation is 1. The van der Waals surface area contributed by atoms with Crippen molar-refractivity contribution >= 4 is 28.2 Å². The monoisotopic (exact) mass is 387 g/mol. The minimum absolute atomic E-state index is 0.103. The van der Waals surface area contributed by atoms with E-state index in [0.717, 1.165) is 30.4 Å². The minimum Gasteiger partial charge on any atom is -0.483 e. The molecule has 2 aromatic rings. The summed E-state index contributed by atoms with van der Waals surface area (Å²) in [6.45, 7) is 6.16. The van der Waals surface area contributed by atoms with Crippen molar-refractivity contribution in [2.75, 3.05) is 18.5 Å². The molecule has 0 atom stereocenters. The molecule has 144 valence electrons. The summed E-state index contributed by atoms with van der Waals surface area (Å²) >= 11 is 1.47. The average molecular weight is 388 g/mol. The van der Waals surface area contributed by atoms with Crippen LogP contribution in [-0.4, -0.2) is 25.1 Å². The first-order valence-electron chi connectivity index (χ1n) is 9.34. The summed E-state index contributed by atoms with van der Waals surface area (Å²) in [6.07, 6.45) is 2.84. The first kappa shape index (κ1) is 19.4. The second-order valence-corrected chi connectivity index (χ2v) is 7.92. The number of esters is 1.